The lowest BCUT2D eigenvalue weighted by Gasteiger charge is -2.22. The summed E-state index contributed by atoms with van der Waals surface area (Å²) < 4.78 is 6.59. The molecular formula is C55H38N2O. The van der Waals surface area contributed by atoms with Gasteiger partial charge in [0, 0.05) is 38.4 Å². The Labute approximate surface area is 338 Å². The van der Waals surface area contributed by atoms with Crippen LogP contribution < -0.4 is 0 Å². The highest BCUT2D eigenvalue weighted by Gasteiger charge is 2.35. The van der Waals surface area contributed by atoms with E-state index in [0.29, 0.717) is 5.82 Å². The number of hydrogen-bond donors (Lipinski definition) is 0. The van der Waals surface area contributed by atoms with Crippen LogP contribution in [0.5, 0.6) is 0 Å². The monoisotopic (exact) mass is 742 g/mol. The minimum atomic E-state index is -0.0524. The molecule has 1 aliphatic rings. The molecule has 2 aromatic heterocycles. The first-order valence-electron chi connectivity index (χ1n) is 19.9. The standard InChI is InChI=1S/C55H38N2O/c1-55(2)48-22-11-9-18-44(48)45-29-28-39(33-49(45)55)35-24-26-36(27-25-35)40-30-41(43-20-13-21-47-46-19-10-12-23-52(46)58-53(43)47)32-42(31-40)51-34-50(37-14-5-3-6-15-37)56-54(57-51)38-16-7-4-8-17-38/h3-34H,1-2H3. The summed E-state index contributed by atoms with van der Waals surface area (Å²) in [6.45, 7) is 4.68. The lowest BCUT2D eigenvalue weighted by atomic mass is 9.81. The Balaban J connectivity index is 1.07. The molecule has 3 nitrogen and oxygen atoms in total. The van der Waals surface area contributed by atoms with Crippen LogP contribution in [0.3, 0.4) is 0 Å². The van der Waals surface area contributed by atoms with Crippen LogP contribution in [0.2, 0.25) is 0 Å². The van der Waals surface area contributed by atoms with E-state index in [4.69, 9.17) is 14.4 Å². The molecular weight excluding hydrogens is 705 g/mol. The van der Waals surface area contributed by atoms with Gasteiger partial charge in [0.15, 0.2) is 5.82 Å². The van der Waals surface area contributed by atoms with Crippen LogP contribution in [-0.4, -0.2) is 9.97 Å². The van der Waals surface area contributed by atoms with E-state index in [9.17, 15) is 0 Å². The van der Waals surface area contributed by atoms with E-state index in [-0.39, 0.29) is 5.41 Å². The highest BCUT2D eigenvalue weighted by Crippen LogP contribution is 2.49. The van der Waals surface area contributed by atoms with E-state index < -0.39 is 0 Å². The van der Waals surface area contributed by atoms with Gasteiger partial charge in [0.05, 0.1) is 11.4 Å². The highest BCUT2D eigenvalue weighted by molar-refractivity contribution is 6.10. The fourth-order valence-electron chi connectivity index (χ4n) is 8.88. The predicted octanol–water partition coefficient (Wildman–Crippen LogP) is 14.7. The van der Waals surface area contributed by atoms with Crippen molar-refractivity contribution in [2.75, 3.05) is 0 Å². The third-order valence-electron chi connectivity index (χ3n) is 11.9. The quantitative estimate of drug-likeness (QED) is 0.170. The van der Waals surface area contributed by atoms with Crippen molar-refractivity contribution < 1.29 is 4.42 Å². The molecule has 0 radical (unpaired) electrons. The van der Waals surface area contributed by atoms with Gasteiger partial charge in [-0.1, -0.05) is 172 Å². The van der Waals surface area contributed by atoms with Gasteiger partial charge in [-0.05, 0) is 86.5 Å². The Morgan fingerprint density at radius 2 is 0.931 bits per heavy atom. The van der Waals surface area contributed by atoms with Crippen LogP contribution in [-0.2, 0) is 5.41 Å². The lowest BCUT2D eigenvalue weighted by Crippen LogP contribution is -2.14. The number of benzene rings is 8. The smallest absolute Gasteiger partial charge is 0.160 e. The first-order chi connectivity index (χ1) is 28.5. The highest BCUT2D eigenvalue weighted by atomic mass is 16.3. The van der Waals surface area contributed by atoms with Crippen molar-refractivity contribution in [3.05, 3.63) is 205 Å². The third kappa shape index (κ3) is 5.66. The second kappa shape index (κ2) is 13.4. The number of rotatable bonds is 6. The zero-order valence-electron chi connectivity index (χ0n) is 32.3. The zero-order chi connectivity index (χ0) is 38.8. The van der Waals surface area contributed by atoms with Gasteiger partial charge < -0.3 is 4.42 Å². The summed E-state index contributed by atoms with van der Waals surface area (Å²) in [7, 11) is 0. The van der Waals surface area contributed by atoms with Crippen LogP contribution in [0.1, 0.15) is 25.0 Å². The van der Waals surface area contributed by atoms with Crippen LogP contribution in [0.15, 0.2) is 199 Å². The second-order valence-corrected chi connectivity index (χ2v) is 15.8. The number of fused-ring (bicyclic) bond motifs is 6. The molecule has 0 N–H and O–H groups in total. The average molecular weight is 743 g/mol. The first-order valence-corrected chi connectivity index (χ1v) is 19.9. The van der Waals surface area contributed by atoms with Crippen molar-refractivity contribution in [1.29, 1.82) is 0 Å². The molecule has 0 saturated carbocycles. The number of nitrogens with zero attached hydrogens (tertiary/aromatic N) is 2. The van der Waals surface area contributed by atoms with Crippen LogP contribution in [0.25, 0.3) is 100 Å². The molecule has 2 heterocycles. The molecule has 8 aromatic carbocycles. The number of hydrogen-bond acceptors (Lipinski definition) is 3. The van der Waals surface area contributed by atoms with E-state index in [1.54, 1.807) is 0 Å². The third-order valence-corrected chi connectivity index (χ3v) is 11.9. The van der Waals surface area contributed by atoms with Gasteiger partial charge in [-0.25, -0.2) is 9.97 Å². The first kappa shape index (κ1) is 33.9. The largest absolute Gasteiger partial charge is 0.455 e. The fourth-order valence-corrected chi connectivity index (χ4v) is 8.88. The van der Waals surface area contributed by atoms with Gasteiger partial charge in [-0.2, -0.15) is 0 Å². The molecule has 1 aliphatic carbocycles. The van der Waals surface area contributed by atoms with Crippen molar-refractivity contribution in [3.8, 4) is 78.4 Å². The Kier molecular flexibility index (Phi) is 7.84. The Hall–Kier alpha value is -7.36. The average Bonchev–Trinajstić information content (AvgIpc) is 3.78. The van der Waals surface area contributed by atoms with E-state index in [2.05, 4.69) is 172 Å². The maximum absolute atomic E-state index is 6.59. The lowest BCUT2D eigenvalue weighted by molar-refractivity contribution is 0.660. The minimum Gasteiger partial charge on any atom is -0.455 e. The van der Waals surface area contributed by atoms with E-state index in [1.807, 2.05) is 36.4 Å². The Morgan fingerprint density at radius 1 is 0.362 bits per heavy atom. The summed E-state index contributed by atoms with van der Waals surface area (Å²) in [5.74, 6) is 0.688. The molecule has 58 heavy (non-hydrogen) atoms. The molecule has 0 amide bonds. The van der Waals surface area contributed by atoms with Gasteiger partial charge in [-0.3, -0.25) is 0 Å². The normalized spacial score (nSPS) is 12.8. The van der Waals surface area contributed by atoms with Crippen molar-refractivity contribution in [1.82, 2.24) is 9.97 Å². The maximum Gasteiger partial charge on any atom is 0.160 e. The molecule has 10 aromatic rings. The van der Waals surface area contributed by atoms with Crippen molar-refractivity contribution >= 4 is 21.9 Å². The molecule has 0 bridgehead atoms. The van der Waals surface area contributed by atoms with Gasteiger partial charge in [0.1, 0.15) is 11.2 Å². The fraction of sp³-hybridized carbons (Fsp3) is 0.0545. The summed E-state index contributed by atoms with van der Waals surface area (Å²) in [5.41, 5.74) is 18.6. The van der Waals surface area contributed by atoms with Crippen molar-refractivity contribution in [3.63, 3.8) is 0 Å². The molecule has 0 fully saturated rings. The van der Waals surface area contributed by atoms with Gasteiger partial charge in [0.2, 0.25) is 0 Å². The van der Waals surface area contributed by atoms with Crippen LogP contribution >= 0.6 is 0 Å². The van der Waals surface area contributed by atoms with E-state index in [1.165, 1.54) is 33.4 Å². The molecule has 0 atom stereocenters. The molecule has 0 saturated heterocycles. The van der Waals surface area contributed by atoms with Crippen molar-refractivity contribution in [2.45, 2.75) is 19.3 Å². The second-order valence-electron chi connectivity index (χ2n) is 15.8. The minimum absolute atomic E-state index is 0.0524. The van der Waals surface area contributed by atoms with Gasteiger partial charge >= 0.3 is 0 Å². The molecule has 0 spiro atoms. The Morgan fingerprint density at radius 3 is 1.72 bits per heavy atom. The molecule has 274 valence electrons. The Bertz CT molecular complexity index is 3120. The summed E-state index contributed by atoms with van der Waals surface area (Å²) in [6, 6.07) is 69.0. The van der Waals surface area contributed by atoms with E-state index in [0.717, 1.165) is 72.3 Å². The van der Waals surface area contributed by atoms with Crippen LogP contribution in [0, 0.1) is 0 Å². The molecule has 11 rings (SSSR count). The number of furan rings is 1. The molecule has 0 aliphatic heterocycles. The predicted molar refractivity (Wildman–Crippen MR) is 239 cm³/mol. The summed E-state index contributed by atoms with van der Waals surface area (Å²) in [6.07, 6.45) is 0. The SMILES string of the molecule is CC1(C)c2ccccc2-c2ccc(-c3ccc(-c4cc(-c5cc(-c6ccccc6)nc(-c6ccccc6)n5)cc(-c5cccc6c5oc5ccccc56)c4)cc3)cc21. The van der Waals surface area contributed by atoms with Crippen molar-refractivity contribution in [2.24, 2.45) is 0 Å². The maximum atomic E-state index is 6.59. The molecule has 0 unspecified atom stereocenters. The van der Waals surface area contributed by atoms with Crippen LogP contribution in [0.4, 0.5) is 0 Å². The summed E-state index contributed by atoms with van der Waals surface area (Å²) >= 11 is 0. The number of para-hydroxylation sites is 2. The topological polar surface area (TPSA) is 38.9 Å². The number of aromatic nitrogens is 2. The molecule has 3 heteroatoms. The zero-order valence-corrected chi connectivity index (χ0v) is 32.3. The van der Waals surface area contributed by atoms with Gasteiger partial charge in [0.25, 0.3) is 0 Å². The summed E-state index contributed by atoms with van der Waals surface area (Å²) in [5, 5.41) is 2.21. The summed E-state index contributed by atoms with van der Waals surface area (Å²) in [4.78, 5) is 10.3. The van der Waals surface area contributed by atoms with Gasteiger partial charge in [-0.15, -0.1) is 0 Å². The van der Waals surface area contributed by atoms with E-state index >= 15 is 0 Å².